The van der Waals surface area contributed by atoms with Crippen LogP contribution in [0.2, 0.25) is 5.02 Å². The molecular formula is C17H20ClNO2. The second-order valence-electron chi connectivity index (χ2n) is 4.76. The zero-order chi connectivity index (χ0) is 15.2. The maximum atomic E-state index is 9.19. The van der Waals surface area contributed by atoms with Crippen LogP contribution in [0.3, 0.4) is 0 Å². The van der Waals surface area contributed by atoms with Crippen LogP contribution in [0, 0.1) is 0 Å². The molecule has 0 bridgehead atoms. The van der Waals surface area contributed by atoms with E-state index in [9.17, 15) is 5.11 Å². The predicted molar refractivity (Wildman–Crippen MR) is 87.1 cm³/mol. The Morgan fingerprint density at radius 2 is 1.90 bits per heavy atom. The van der Waals surface area contributed by atoms with Gasteiger partial charge in [-0.15, -0.1) is 0 Å². The van der Waals surface area contributed by atoms with E-state index in [2.05, 4.69) is 17.9 Å². The summed E-state index contributed by atoms with van der Waals surface area (Å²) >= 11 is 6.18. The third kappa shape index (κ3) is 3.69. The molecule has 4 heteroatoms. The summed E-state index contributed by atoms with van der Waals surface area (Å²) in [7, 11) is 1.68. The van der Waals surface area contributed by atoms with Crippen molar-refractivity contribution in [2.75, 3.05) is 18.6 Å². The summed E-state index contributed by atoms with van der Waals surface area (Å²) in [5, 5.41) is 9.79. The molecule has 0 aliphatic carbocycles. The molecule has 0 amide bonds. The van der Waals surface area contributed by atoms with Crippen LogP contribution in [0.25, 0.3) is 0 Å². The maximum absolute atomic E-state index is 9.19. The molecule has 0 aromatic heterocycles. The minimum absolute atomic E-state index is 0.0439. The molecule has 2 aromatic rings. The van der Waals surface area contributed by atoms with Gasteiger partial charge in [0.05, 0.1) is 13.7 Å². The first-order chi connectivity index (χ1) is 10.2. The highest BCUT2D eigenvalue weighted by Crippen LogP contribution is 2.27. The first-order valence-corrected chi connectivity index (χ1v) is 7.33. The number of para-hydroxylation sites is 1. The molecule has 0 saturated heterocycles. The first kappa shape index (κ1) is 15.7. The van der Waals surface area contributed by atoms with Gasteiger partial charge in [0.25, 0.3) is 0 Å². The lowest BCUT2D eigenvalue weighted by molar-refractivity contribution is 0.282. The van der Waals surface area contributed by atoms with Crippen LogP contribution in [0.15, 0.2) is 42.5 Å². The van der Waals surface area contributed by atoms with E-state index in [4.69, 9.17) is 16.3 Å². The summed E-state index contributed by atoms with van der Waals surface area (Å²) in [6.07, 6.45) is 0. The van der Waals surface area contributed by atoms with Crippen LogP contribution in [-0.2, 0) is 13.2 Å². The Kier molecular flexibility index (Phi) is 5.48. The fourth-order valence-corrected chi connectivity index (χ4v) is 2.52. The van der Waals surface area contributed by atoms with Gasteiger partial charge in [-0.3, -0.25) is 0 Å². The van der Waals surface area contributed by atoms with Gasteiger partial charge in [-0.25, -0.2) is 0 Å². The Morgan fingerprint density at radius 3 is 2.52 bits per heavy atom. The van der Waals surface area contributed by atoms with Crippen molar-refractivity contribution < 1.29 is 9.84 Å². The number of ether oxygens (including phenoxy) is 1. The maximum Gasteiger partial charge on any atom is 0.123 e. The number of aliphatic hydroxyl groups is 1. The predicted octanol–water partition coefficient (Wildman–Crippen LogP) is 3.87. The quantitative estimate of drug-likeness (QED) is 0.879. The summed E-state index contributed by atoms with van der Waals surface area (Å²) in [5.74, 6) is 0.883. The fourth-order valence-electron chi connectivity index (χ4n) is 2.29. The summed E-state index contributed by atoms with van der Waals surface area (Å²) in [5.41, 5.74) is 2.91. The second-order valence-corrected chi connectivity index (χ2v) is 5.17. The monoisotopic (exact) mass is 305 g/mol. The molecule has 2 rings (SSSR count). The minimum atomic E-state index is -0.0439. The third-order valence-electron chi connectivity index (χ3n) is 3.51. The Hall–Kier alpha value is -1.71. The van der Waals surface area contributed by atoms with E-state index in [-0.39, 0.29) is 6.61 Å². The smallest absolute Gasteiger partial charge is 0.123 e. The standard InChI is InChI=1S/C17H20ClNO2/c1-3-19(11-13-6-4-5-7-17(13)21-2)15-9-8-14(12-20)16(18)10-15/h4-10,20H,3,11-12H2,1-2H3. The van der Waals surface area contributed by atoms with Crippen molar-refractivity contribution in [1.29, 1.82) is 0 Å². The molecule has 0 unspecified atom stereocenters. The van der Waals surface area contributed by atoms with Crippen molar-refractivity contribution in [2.24, 2.45) is 0 Å². The highest BCUT2D eigenvalue weighted by molar-refractivity contribution is 6.31. The summed E-state index contributed by atoms with van der Waals surface area (Å²) in [6, 6.07) is 13.7. The molecule has 2 aromatic carbocycles. The minimum Gasteiger partial charge on any atom is -0.496 e. The SMILES string of the molecule is CCN(Cc1ccccc1OC)c1ccc(CO)c(Cl)c1. The van der Waals surface area contributed by atoms with Crippen molar-refractivity contribution in [1.82, 2.24) is 0 Å². The van der Waals surface area contributed by atoms with Crippen LogP contribution < -0.4 is 9.64 Å². The molecule has 0 aliphatic rings. The van der Waals surface area contributed by atoms with Crippen LogP contribution in [0.1, 0.15) is 18.1 Å². The lowest BCUT2D eigenvalue weighted by atomic mass is 10.1. The van der Waals surface area contributed by atoms with Crippen molar-refractivity contribution in [3.8, 4) is 5.75 Å². The third-order valence-corrected chi connectivity index (χ3v) is 3.86. The molecule has 0 heterocycles. The lowest BCUT2D eigenvalue weighted by Gasteiger charge is -2.24. The molecule has 0 aliphatic heterocycles. The van der Waals surface area contributed by atoms with E-state index in [0.29, 0.717) is 5.02 Å². The molecule has 0 radical (unpaired) electrons. The molecule has 0 atom stereocenters. The summed E-state index contributed by atoms with van der Waals surface area (Å²) in [6.45, 7) is 3.66. The number of benzene rings is 2. The number of aliphatic hydroxyl groups excluding tert-OH is 1. The van der Waals surface area contributed by atoms with Gasteiger partial charge in [0.1, 0.15) is 5.75 Å². The molecule has 3 nitrogen and oxygen atoms in total. The topological polar surface area (TPSA) is 32.7 Å². The Balaban J connectivity index is 2.25. The van der Waals surface area contributed by atoms with Gasteiger partial charge < -0.3 is 14.7 Å². The van der Waals surface area contributed by atoms with Gasteiger partial charge >= 0.3 is 0 Å². The highest BCUT2D eigenvalue weighted by Gasteiger charge is 2.10. The van der Waals surface area contributed by atoms with Gasteiger partial charge in [-0.1, -0.05) is 35.9 Å². The van der Waals surface area contributed by atoms with Crippen LogP contribution >= 0.6 is 11.6 Å². The van der Waals surface area contributed by atoms with Gasteiger partial charge in [-0.2, -0.15) is 0 Å². The molecule has 0 fully saturated rings. The molecule has 0 spiro atoms. The largest absolute Gasteiger partial charge is 0.496 e. The van der Waals surface area contributed by atoms with E-state index in [1.807, 2.05) is 36.4 Å². The Bertz CT molecular complexity index is 601. The van der Waals surface area contributed by atoms with Crippen LogP contribution in [0.4, 0.5) is 5.69 Å². The Morgan fingerprint density at radius 1 is 1.14 bits per heavy atom. The number of anilines is 1. The average molecular weight is 306 g/mol. The zero-order valence-electron chi connectivity index (χ0n) is 12.3. The average Bonchev–Trinajstić information content (AvgIpc) is 2.52. The van der Waals surface area contributed by atoms with E-state index >= 15 is 0 Å². The van der Waals surface area contributed by atoms with Crippen molar-refractivity contribution in [2.45, 2.75) is 20.1 Å². The molecule has 0 saturated carbocycles. The zero-order valence-corrected chi connectivity index (χ0v) is 13.1. The molecular weight excluding hydrogens is 286 g/mol. The lowest BCUT2D eigenvalue weighted by Crippen LogP contribution is -2.22. The summed E-state index contributed by atoms with van der Waals surface area (Å²) < 4.78 is 5.40. The Labute approximate surface area is 130 Å². The first-order valence-electron chi connectivity index (χ1n) is 6.95. The van der Waals surface area contributed by atoms with Gasteiger partial charge in [-0.05, 0) is 30.7 Å². The fraction of sp³-hybridized carbons (Fsp3) is 0.294. The number of nitrogens with zero attached hydrogens (tertiary/aromatic N) is 1. The number of halogens is 1. The van der Waals surface area contributed by atoms with Crippen molar-refractivity contribution in [3.05, 3.63) is 58.6 Å². The number of rotatable bonds is 6. The van der Waals surface area contributed by atoms with E-state index < -0.39 is 0 Å². The molecule has 1 N–H and O–H groups in total. The number of hydrogen-bond donors (Lipinski definition) is 1. The van der Waals surface area contributed by atoms with Crippen LogP contribution in [0.5, 0.6) is 5.75 Å². The normalized spacial score (nSPS) is 10.5. The van der Waals surface area contributed by atoms with E-state index in [1.165, 1.54) is 0 Å². The highest BCUT2D eigenvalue weighted by atomic mass is 35.5. The van der Waals surface area contributed by atoms with Crippen LogP contribution in [-0.4, -0.2) is 18.8 Å². The van der Waals surface area contributed by atoms with Gasteiger partial charge in [0.2, 0.25) is 0 Å². The van der Waals surface area contributed by atoms with Crippen molar-refractivity contribution in [3.63, 3.8) is 0 Å². The molecule has 112 valence electrons. The second kappa shape index (κ2) is 7.34. The van der Waals surface area contributed by atoms with Crippen molar-refractivity contribution >= 4 is 17.3 Å². The van der Waals surface area contributed by atoms with E-state index in [0.717, 1.165) is 35.7 Å². The van der Waals surface area contributed by atoms with Gasteiger partial charge in [0, 0.05) is 29.4 Å². The summed E-state index contributed by atoms with van der Waals surface area (Å²) in [4.78, 5) is 2.21. The molecule has 21 heavy (non-hydrogen) atoms. The van der Waals surface area contributed by atoms with E-state index in [1.54, 1.807) is 7.11 Å². The number of hydrogen-bond acceptors (Lipinski definition) is 3. The number of methoxy groups -OCH3 is 1. The van der Waals surface area contributed by atoms with Gasteiger partial charge in [0.15, 0.2) is 0 Å².